The molecule has 1 aromatic rings. The summed E-state index contributed by atoms with van der Waals surface area (Å²) in [6.07, 6.45) is 0.667. The summed E-state index contributed by atoms with van der Waals surface area (Å²) < 4.78 is 0. The Morgan fingerprint density at radius 3 is 2.43 bits per heavy atom. The number of amides is 1. The van der Waals surface area contributed by atoms with Gasteiger partial charge >= 0.3 is 0 Å². The molecular formula is C11H14ClNO. The highest BCUT2D eigenvalue weighted by atomic mass is 35.5. The van der Waals surface area contributed by atoms with Crippen molar-refractivity contribution in [3.63, 3.8) is 0 Å². The van der Waals surface area contributed by atoms with Crippen LogP contribution in [0.2, 0.25) is 0 Å². The van der Waals surface area contributed by atoms with E-state index in [1.54, 1.807) is 4.90 Å². The number of carbonyl (C=O) groups is 1. The van der Waals surface area contributed by atoms with Gasteiger partial charge in [0.2, 0.25) is 5.91 Å². The minimum absolute atomic E-state index is 0. The number of likely N-dealkylation sites (tertiary alicyclic amines) is 1. The molecule has 1 atom stereocenters. The summed E-state index contributed by atoms with van der Waals surface area (Å²) in [5.41, 5.74) is 1.28. The van der Waals surface area contributed by atoms with E-state index >= 15 is 0 Å². The van der Waals surface area contributed by atoms with Crippen LogP contribution < -0.4 is 0 Å². The quantitative estimate of drug-likeness (QED) is 0.697. The lowest BCUT2D eigenvalue weighted by molar-refractivity contribution is -0.126. The molecule has 0 aromatic heterocycles. The lowest BCUT2D eigenvalue weighted by Crippen LogP contribution is -2.18. The molecule has 1 aliphatic rings. The predicted octanol–water partition coefficient (Wildman–Crippen LogP) is 2.05. The molecule has 2 nitrogen and oxygen atoms in total. The van der Waals surface area contributed by atoms with Crippen LogP contribution in [0.5, 0.6) is 0 Å². The minimum Gasteiger partial charge on any atom is -0.345 e. The number of rotatable bonds is 1. The first kappa shape index (κ1) is 11.1. The molecule has 0 aliphatic carbocycles. The van der Waals surface area contributed by atoms with Gasteiger partial charge in [-0.1, -0.05) is 30.3 Å². The fourth-order valence-corrected chi connectivity index (χ4v) is 1.81. The van der Waals surface area contributed by atoms with Crippen molar-refractivity contribution in [1.82, 2.24) is 4.90 Å². The third-order valence-electron chi connectivity index (χ3n) is 2.61. The van der Waals surface area contributed by atoms with Crippen LogP contribution in [0.3, 0.4) is 0 Å². The highest BCUT2D eigenvalue weighted by Gasteiger charge is 2.27. The maximum Gasteiger partial charge on any atom is 0.223 e. The second-order valence-electron chi connectivity index (χ2n) is 3.59. The van der Waals surface area contributed by atoms with Crippen LogP contribution in [0, 0.1) is 0 Å². The smallest absolute Gasteiger partial charge is 0.223 e. The fraction of sp³-hybridized carbons (Fsp3) is 0.364. The van der Waals surface area contributed by atoms with E-state index in [1.807, 2.05) is 25.2 Å². The number of hydrogen-bond donors (Lipinski definition) is 0. The van der Waals surface area contributed by atoms with Crippen molar-refractivity contribution in [2.45, 2.75) is 12.3 Å². The molecule has 1 saturated heterocycles. The summed E-state index contributed by atoms with van der Waals surface area (Å²) in [5, 5.41) is 0. The van der Waals surface area contributed by atoms with Crippen LogP contribution in [-0.2, 0) is 4.79 Å². The Kier molecular flexibility index (Phi) is 3.53. The first-order chi connectivity index (χ1) is 6.27. The lowest BCUT2D eigenvalue weighted by Gasteiger charge is -2.09. The maximum atomic E-state index is 11.3. The molecule has 0 N–H and O–H groups in total. The van der Waals surface area contributed by atoms with E-state index in [4.69, 9.17) is 0 Å². The monoisotopic (exact) mass is 211 g/mol. The predicted molar refractivity (Wildman–Crippen MR) is 58.7 cm³/mol. The first-order valence-corrected chi connectivity index (χ1v) is 4.56. The summed E-state index contributed by atoms with van der Waals surface area (Å²) >= 11 is 0. The van der Waals surface area contributed by atoms with E-state index < -0.39 is 0 Å². The average molecular weight is 212 g/mol. The normalized spacial score (nSPS) is 20.8. The van der Waals surface area contributed by atoms with Crippen molar-refractivity contribution < 1.29 is 4.79 Å². The zero-order valence-corrected chi connectivity index (χ0v) is 8.96. The van der Waals surface area contributed by atoms with Gasteiger partial charge in [0.1, 0.15) is 0 Å². The second kappa shape index (κ2) is 4.47. The molecule has 2 rings (SSSR count). The van der Waals surface area contributed by atoms with Gasteiger partial charge in [-0.25, -0.2) is 0 Å². The lowest BCUT2D eigenvalue weighted by atomic mass is 9.99. The van der Waals surface area contributed by atoms with Gasteiger partial charge in [0.25, 0.3) is 0 Å². The zero-order valence-electron chi connectivity index (χ0n) is 8.14. The van der Waals surface area contributed by atoms with Crippen LogP contribution in [-0.4, -0.2) is 24.4 Å². The number of hydrogen-bond acceptors (Lipinski definition) is 1. The second-order valence-corrected chi connectivity index (χ2v) is 3.59. The molecule has 3 heteroatoms. The van der Waals surface area contributed by atoms with Crippen LogP contribution in [0.25, 0.3) is 0 Å². The van der Waals surface area contributed by atoms with Crippen molar-refractivity contribution >= 4 is 18.3 Å². The first-order valence-electron chi connectivity index (χ1n) is 4.56. The Hall–Kier alpha value is -1.02. The molecule has 0 radical (unpaired) electrons. The van der Waals surface area contributed by atoms with E-state index in [1.165, 1.54) is 5.56 Å². The number of likely N-dealkylation sites (N-methyl/N-ethyl adjacent to an activating group) is 1. The SMILES string of the molecule is CN1CC(c2ccccc2)CC1=O.Cl. The number of benzene rings is 1. The molecule has 0 spiro atoms. The van der Waals surface area contributed by atoms with Gasteiger partial charge in [0.05, 0.1) is 0 Å². The van der Waals surface area contributed by atoms with Gasteiger partial charge in [0.15, 0.2) is 0 Å². The maximum absolute atomic E-state index is 11.3. The summed E-state index contributed by atoms with van der Waals surface area (Å²) in [6.45, 7) is 0.864. The van der Waals surface area contributed by atoms with Crippen molar-refractivity contribution in [1.29, 1.82) is 0 Å². The van der Waals surface area contributed by atoms with Crippen molar-refractivity contribution in [2.75, 3.05) is 13.6 Å². The summed E-state index contributed by atoms with van der Waals surface area (Å²) in [7, 11) is 1.87. The molecule has 76 valence electrons. The van der Waals surface area contributed by atoms with E-state index in [0.717, 1.165) is 6.54 Å². The van der Waals surface area contributed by atoms with Crippen molar-refractivity contribution in [2.24, 2.45) is 0 Å². The molecule has 1 heterocycles. The van der Waals surface area contributed by atoms with Gasteiger partial charge in [-0.3, -0.25) is 4.79 Å². The highest BCUT2D eigenvalue weighted by Crippen LogP contribution is 2.26. The van der Waals surface area contributed by atoms with Crippen LogP contribution in [0.15, 0.2) is 30.3 Å². The molecule has 0 saturated carbocycles. The Labute approximate surface area is 90.3 Å². The van der Waals surface area contributed by atoms with Gasteiger partial charge in [-0.05, 0) is 5.56 Å². The van der Waals surface area contributed by atoms with Crippen molar-refractivity contribution in [3.05, 3.63) is 35.9 Å². The Balaban J connectivity index is 0.000000980. The standard InChI is InChI=1S/C11H13NO.ClH/c1-12-8-10(7-11(12)13)9-5-3-2-4-6-9;/h2-6,10H,7-8H2,1H3;1H. The number of carbonyl (C=O) groups excluding carboxylic acids is 1. The summed E-state index contributed by atoms with van der Waals surface area (Å²) in [6, 6.07) is 10.2. The fourth-order valence-electron chi connectivity index (χ4n) is 1.81. The van der Waals surface area contributed by atoms with Gasteiger partial charge in [0, 0.05) is 25.9 Å². The summed E-state index contributed by atoms with van der Waals surface area (Å²) in [5.74, 6) is 0.660. The van der Waals surface area contributed by atoms with Gasteiger partial charge in [-0.15, -0.1) is 12.4 Å². The van der Waals surface area contributed by atoms with E-state index in [2.05, 4.69) is 12.1 Å². The summed E-state index contributed by atoms with van der Waals surface area (Å²) in [4.78, 5) is 13.1. The molecule has 1 fully saturated rings. The van der Waals surface area contributed by atoms with Crippen LogP contribution in [0.4, 0.5) is 0 Å². The van der Waals surface area contributed by atoms with Crippen LogP contribution in [0.1, 0.15) is 17.9 Å². The topological polar surface area (TPSA) is 20.3 Å². The molecule has 1 aliphatic heterocycles. The number of halogens is 1. The molecular weight excluding hydrogens is 198 g/mol. The average Bonchev–Trinajstić information content (AvgIpc) is 2.49. The molecule has 1 aromatic carbocycles. The Bertz CT molecular complexity index is 312. The van der Waals surface area contributed by atoms with E-state index in [9.17, 15) is 4.79 Å². The molecule has 1 amide bonds. The molecule has 0 bridgehead atoms. The van der Waals surface area contributed by atoms with E-state index in [0.29, 0.717) is 12.3 Å². The molecule has 14 heavy (non-hydrogen) atoms. The third-order valence-corrected chi connectivity index (χ3v) is 2.61. The largest absolute Gasteiger partial charge is 0.345 e. The van der Waals surface area contributed by atoms with Crippen molar-refractivity contribution in [3.8, 4) is 0 Å². The van der Waals surface area contributed by atoms with Crippen LogP contribution >= 0.6 is 12.4 Å². The Morgan fingerprint density at radius 1 is 1.29 bits per heavy atom. The third kappa shape index (κ3) is 2.07. The van der Waals surface area contributed by atoms with E-state index in [-0.39, 0.29) is 18.3 Å². The number of nitrogens with zero attached hydrogens (tertiary/aromatic N) is 1. The zero-order chi connectivity index (χ0) is 9.26. The Morgan fingerprint density at radius 2 is 1.93 bits per heavy atom. The highest BCUT2D eigenvalue weighted by molar-refractivity contribution is 5.85. The molecule has 1 unspecified atom stereocenters. The van der Waals surface area contributed by atoms with Gasteiger partial charge < -0.3 is 4.90 Å². The van der Waals surface area contributed by atoms with Gasteiger partial charge in [-0.2, -0.15) is 0 Å². The minimum atomic E-state index is 0.